The minimum absolute atomic E-state index is 0.105. The van der Waals surface area contributed by atoms with Crippen LogP contribution in [0.4, 0.5) is 4.79 Å². The van der Waals surface area contributed by atoms with Gasteiger partial charge in [-0.1, -0.05) is 6.42 Å². The van der Waals surface area contributed by atoms with E-state index in [9.17, 15) is 14.7 Å². The summed E-state index contributed by atoms with van der Waals surface area (Å²) in [6.45, 7) is 0.942. The van der Waals surface area contributed by atoms with Crippen LogP contribution in [0.2, 0.25) is 0 Å². The zero-order valence-electron chi connectivity index (χ0n) is 12.5. The van der Waals surface area contributed by atoms with Crippen molar-refractivity contribution in [2.75, 3.05) is 20.2 Å². The van der Waals surface area contributed by atoms with Gasteiger partial charge in [-0.2, -0.15) is 0 Å². The molecule has 0 spiro atoms. The van der Waals surface area contributed by atoms with Crippen LogP contribution in [0.5, 0.6) is 0 Å². The first-order valence-corrected chi connectivity index (χ1v) is 7.87. The van der Waals surface area contributed by atoms with Crippen LogP contribution in [-0.4, -0.2) is 54.4 Å². The standard InChI is InChI=1S/C15H24N2O4/c1-21-12-5-4-11(7-12)16-14(20)17-8-10-3-2-6-15(10,9-17)13(18)19/h10-12H,2-9H2,1H3,(H,16,20)(H,18,19)/t10-,11?,12?,15+/m0/s1. The molecule has 21 heavy (non-hydrogen) atoms. The highest BCUT2D eigenvalue weighted by molar-refractivity contribution is 5.80. The third-order valence-electron chi connectivity index (χ3n) is 5.63. The van der Waals surface area contributed by atoms with E-state index in [2.05, 4.69) is 5.32 Å². The number of aliphatic carboxylic acids is 1. The molecule has 0 radical (unpaired) electrons. The summed E-state index contributed by atoms with van der Waals surface area (Å²) in [4.78, 5) is 25.7. The van der Waals surface area contributed by atoms with Crippen molar-refractivity contribution >= 4 is 12.0 Å². The zero-order valence-corrected chi connectivity index (χ0v) is 12.5. The lowest BCUT2D eigenvalue weighted by molar-refractivity contribution is -0.149. The summed E-state index contributed by atoms with van der Waals surface area (Å²) in [5.41, 5.74) is -0.692. The minimum atomic E-state index is -0.736. The number of carbonyl (C=O) groups excluding carboxylic acids is 1. The van der Waals surface area contributed by atoms with Crippen molar-refractivity contribution in [1.29, 1.82) is 0 Å². The third-order valence-corrected chi connectivity index (χ3v) is 5.63. The summed E-state index contributed by atoms with van der Waals surface area (Å²) in [5.74, 6) is -0.614. The molecular weight excluding hydrogens is 272 g/mol. The molecule has 2 N–H and O–H groups in total. The Balaban J connectivity index is 1.59. The van der Waals surface area contributed by atoms with E-state index in [1.54, 1.807) is 12.0 Å². The van der Waals surface area contributed by atoms with Gasteiger partial charge in [-0.25, -0.2) is 4.79 Å². The molecule has 0 aromatic heterocycles. The van der Waals surface area contributed by atoms with E-state index >= 15 is 0 Å². The van der Waals surface area contributed by atoms with E-state index < -0.39 is 11.4 Å². The van der Waals surface area contributed by atoms with Gasteiger partial charge in [0.2, 0.25) is 0 Å². The highest BCUT2D eigenvalue weighted by Crippen LogP contribution is 2.48. The number of ether oxygens (including phenoxy) is 1. The molecule has 2 saturated carbocycles. The van der Waals surface area contributed by atoms with Crippen molar-refractivity contribution < 1.29 is 19.4 Å². The number of carboxylic acids is 1. The van der Waals surface area contributed by atoms with Crippen LogP contribution in [-0.2, 0) is 9.53 Å². The number of nitrogens with zero attached hydrogens (tertiary/aromatic N) is 1. The molecule has 6 heteroatoms. The molecule has 4 atom stereocenters. The lowest BCUT2D eigenvalue weighted by atomic mass is 9.81. The Morgan fingerprint density at radius 1 is 1.33 bits per heavy atom. The number of nitrogens with one attached hydrogen (secondary N) is 1. The first-order valence-electron chi connectivity index (χ1n) is 7.87. The summed E-state index contributed by atoms with van der Waals surface area (Å²) in [6, 6.07) is 0.0513. The zero-order chi connectivity index (χ0) is 15.0. The number of fused-ring (bicyclic) bond motifs is 1. The van der Waals surface area contributed by atoms with Gasteiger partial charge in [-0.05, 0) is 38.0 Å². The van der Waals surface area contributed by atoms with Gasteiger partial charge < -0.3 is 20.1 Å². The molecule has 1 heterocycles. The van der Waals surface area contributed by atoms with Crippen molar-refractivity contribution in [3.05, 3.63) is 0 Å². The summed E-state index contributed by atoms with van der Waals surface area (Å²) < 4.78 is 5.31. The first kappa shape index (κ1) is 14.6. The fourth-order valence-corrected chi connectivity index (χ4v) is 4.34. The first-order chi connectivity index (χ1) is 10.0. The second-order valence-electron chi connectivity index (χ2n) is 6.75. The number of methoxy groups -OCH3 is 1. The highest BCUT2D eigenvalue weighted by Gasteiger charge is 2.55. The van der Waals surface area contributed by atoms with Crippen LogP contribution >= 0.6 is 0 Å². The van der Waals surface area contributed by atoms with Gasteiger partial charge in [0, 0.05) is 26.2 Å². The largest absolute Gasteiger partial charge is 0.481 e. The molecule has 3 fully saturated rings. The van der Waals surface area contributed by atoms with Crippen molar-refractivity contribution in [2.45, 2.75) is 50.7 Å². The lowest BCUT2D eigenvalue weighted by Gasteiger charge is -2.24. The molecule has 3 aliphatic rings. The predicted octanol–water partition coefficient (Wildman–Crippen LogP) is 1.45. The van der Waals surface area contributed by atoms with Gasteiger partial charge >= 0.3 is 12.0 Å². The summed E-state index contributed by atoms with van der Waals surface area (Å²) in [6.07, 6.45) is 5.58. The Morgan fingerprint density at radius 2 is 2.14 bits per heavy atom. The molecule has 2 aliphatic carbocycles. The minimum Gasteiger partial charge on any atom is -0.481 e. The number of urea groups is 1. The average molecular weight is 296 g/mol. The van der Waals surface area contributed by atoms with Gasteiger partial charge in [-0.15, -0.1) is 0 Å². The topological polar surface area (TPSA) is 78.9 Å². The summed E-state index contributed by atoms with van der Waals surface area (Å²) in [7, 11) is 1.70. The van der Waals surface area contributed by atoms with E-state index in [1.807, 2.05) is 0 Å². The number of rotatable bonds is 3. The van der Waals surface area contributed by atoms with Crippen molar-refractivity contribution in [3.8, 4) is 0 Å². The monoisotopic (exact) mass is 296 g/mol. The maximum absolute atomic E-state index is 12.4. The van der Waals surface area contributed by atoms with Gasteiger partial charge in [0.05, 0.1) is 11.5 Å². The van der Waals surface area contributed by atoms with E-state index in [1.165, 1.54) is 0 Å². The van der Waals surface area contributed by atoms with Crippen molar-refractivity contribution in [1.82, 2.24) is 10.2 Å². The van der Waals surface area contributed by atoms with Gasteiger partial charge in [0.15, 0.2) is 0 Å². The molecule has 3 rings (SSSR count). The summed E-state index contributed by atoms with van der Waals surface area (Å²) >= 11 is 0. The van der Waals surface area contributed by atoms with E-state index in [0.717, 1.165) is 32.1 Å². The molecule has 1 aliphatic heterocycles. The second-order valence-corrected chi connectivity index (χ2v) is 6.75. The number of carboxylic acid groups (broad SMARTS) is 1. The van der Waals surface area contributed by atoms with Crippen LogP contribution in [0.1, 0.15) is 38.5 Å². The quantitative estimate of drug-likeness (QED) is 0.826. The molecule has 0 bridgehead atoms. The number of likely N-dealkylation sites (tertiary alicyclic amines) is 1. The molecule has 1 saturated heterocycles. The molecule has 2 unspecified atom stereocenters. The number of hydrogen-bond donors (Lipinski definition) is 2. The van der Waals surface area contributed by atoms with E-state index in [0.29, 0.717) is 19.5 Å². The van der Waals surface area contributed by atoms with E-state index in [-0.39, 0.29) is 24.1 Å². The number of hydrogen-bond acceptors (Lipinski definition) is 3. The maximum Gasteiger partial charge on any atom is 0.317 e. The Hall–Kier alpha value is -1.30. The SMILES string of the molecule is COC1CCC(NC(=O)N2C[C@@H]3CCC[C@@]3(C(=O)O)C2)C1. The predicted molar refractivity (Wildman–Crippen MR) is 76.0 cm³/mol. The fraction of sp³-hybridized carbons (Fsp3) is 0.867. The van der Waals surface area contributed by atoms with Crippen LogP contribution in [0.3, 0.4) is 0 Å². The van der Waals surface area contributed by atoms with Crippen LogP contribution < -0.4 is 5.32 Å². The Morgan fingerprint density at radius 3 is 2.76 bits per heavy atom. The molecule has 0 aromatic rings. The smallest absolute Gasteiger partial charge is 0.317 e. The fourth-order valence-electron chi connectivity index (χ4n) is 4.34. The van der Waals surface area contributed by atoms with Gasteiger partial charge in [0.25, 0.3) is 0 Å². The van der Waals surface area contributed by atoms with Crippen LogP contribution in [0.25, 0.3) is 0 Å². The van der Waals surface area contributed by atoms with E-state index in [4.69, 9.17) is 4.74 Å². The lowest BCUT2D eigenvalue weighted by Crippen LogP contribution is -2.45. The average Bonchev–Trinajstić information content (AvgIpc) is 3.11. The third kappa shape index (κ3) is 2.50. The Kier molecular flexibility index (Phi) is 3.82. The Bertz CT molecular complexity index is 441. The molecule has 118 valence electrons. The number of amides is 2. The molecule has 2 amide bonds. The van der Waals surface area contributed by atoms with Crippen LogP contribution in [0.15, 0.2) is 0 Å². The van der Waals surface area contributed by atoms with Crippen molar-refractivity contribution in [3.63, 3.8) is 0 Å². The normalized spacial score (nSPS) is 38.5. The molecule has 6 nitrogen and oxygen atoms in total. The second kappa shape index (κ2) is 5.48. The summed E-state index contributed by atoms with van der Waals surface area (Å²) in [5, 5.41) is 12.6. The van der Waals surface area contributed by atoms with Gasteiger partial charge in [0.1, 0.15) is 0 Å². The van der Waals surface area contributed by atoms with Gasteiger partial charge in [-0.3, -0.25) is 4.79 Å². The van der Waals surface area contributed by atoms with Crippen molar-refractivity contribution in [2.24, 2.45) is 11.3 Å². The van der Waals surface area contributed by atoms with Crippen LogP contribution in [0, 0.1) is 11.3 Å². The molecule has 0 aromatic carbocycles. The highest BCUT2D eigenvalue weighted by atomic mass is 16.5. The maximum atomic E-state index is 12.4. The molecular formula is C15H24N2O4. The number of carbonyl (C=O) groups is 2. The Labute approximate surface area is 124 Å².